The Morgan fingerprint density at radius 3 is 2.59 bits per heavy atom. The lowest BCUT2D eigenvalue weighted by molar-refractivity contribution is 0.242. The minimum absolute atomic E-state index is 0.0568. The molecule has 1 N–H and O–H groups in total. The lowest BCUT2D eigenvalue weighted by Crippen LogP contribution is -2.37. The van der Waals surface area contributed by atoms with Gasteiger partial charge in [-0.1, -0.05) is 30.1 Å². The molecule has 0 unspecified atom stereocenters. The first kappa shape index (κ1) is 17.9. The van der Waals surface area contributed by atoms with E-state index >= 15 is 0 Å². The number of hydrogen-bond acceptors (Lipinski definition) is 3. The van der Waals surface area contributed by atoms with Crippen LogP contribution in [0.1, 0.15) is 39.2 Å². The van der Waals surface area contributed by atoms with Crippen LogP contribution in [0.25, 0.3) is 0 Å². The topological polar surface area (TPSA) is 24.5 Å². The van der Waals surface area contributed by atoms with Gasteiger partial charge < -0.3 is 10.1 Å². The number of hydrogen-bond donors (Lipinski definition) is 1. The molecule has 1 fully saturated rings. The van der Waals surface area contributed by atoms with E-state index in [1.807, 2.05) is 26.0 Å². The summed E-state index contributed by atoms with van der Waals surface area (Å²) in [5.41, 5.74) is 1.09. The molecule has 1 aliphatic heterocycles. The Labute approximate surface area is 143 Å². The molecule has 124 valence electrons. The van der Waals surface area contributed by atoms with E-state index in [1.165, 1.54) is 19.4 Å². The quantitative estimate of drug-likeness (QED) is 0.795. The van der Waals surface area contributed by atoms with E-state index in [1.54, 1.807) is 0 Å². The lowest BCUT2D eigenvalue weighted by atomic mass is 10.2. The van der Waals surface area contributed by atoms with E-state index in [-0.39, 0.29) is 6.10 Å². The van der Waals surface area contributed by atoms with E-state index in [9.17, 15) is 0 Å². The van der Waals surface area contributed by atoms with Gasteiger partial charge >= 0.3 is 0 Å². The number of ether oxygens (including phenoxy) is 1. The largest absolute Gasteiger partial charge is 0.488 e. The highest BCUT2D eigenvalue weighted by Gasteiger charge is 2.22. The van der Waals surface area contributed by atoms with Crippen molar-refractivity contribution in [2.75, 3.05) is 19.6 Å². The molecule has 0 bridgehead atoms. The van der Waals surface area contributed by atoms with Crippen LogP contribution >= 0.6 is 23.2 Å². The Morgan fingerprint density at radius 1 is 1.32 bits per heavy atom. The van der Waals surface area contributed by atoms with Gasteiger partial charge in [-0.2, -0.15) is 0 Å². The maximum absolute atomic E-state index is 6.28. The van der Waals surface area contributed by atoms with E-state index < -0.39 is 0 Å². The maximum Gasteiger partial charge on any atom is 0.156 e. The van der Waals surface area contributed by atoms with Crippen LogP contribution in [0, 0.1) is 0 Å². The Hall–Kier alpha value is -0.480. The molecule has 0 amide bonds. The molecule has 3 nitrogen and oxygen atoms in total. The first-order valence-corrected chi connectivity index (χ1v) is 8.86. The molecule has 1 aromatic carbocycles. The van der Waals surface area contributed by atoms with Crippen molar-refractivity contribution >= 4 is 23.2 Å². The average Bonchev–Trinajstić information content (AvgIpc) is 2.90. The second-order valence-electron chi connectivity index (χ2n) is 6.11. The first-order chi connectivity index (χ1) is 10.5. The third kappa shape index (κ3) is 4.76. The third-order valence-electron chi connectivity index (χ3n) is 4.03. The van der Waals surface area contributed by atoms with Crippen LogP contribution in [0.5, 0.6) is 5.75 Å². The van der Waals surface area contributed by atoms with Crippen LogP contribution in [0.2, 0.25) is 10.0 Å². The monoisotopic (exact) mass is 344 g/mol. The number of nitrogens with one attached hydrogen (secondary N) is 1. The van der Waals surface area contributed by atoms with Crippen LogP contribution in [0.15, 0.2) is 12.1 Å². The minimum atomic E-state index is 0.0568. The van der Waals surface area contributed by atoms with E-state index in [2.05, 4.69) is 17.1 Å². The summed E-state index contributed by atoms with van der Waals surface area (Å²) in [5.74, 6) is 0.579. The average molecular weight is 345 g/mol. The highest BCUT2D eigenvalue weighted by Crippen LogP contribution is 2.34. The van der Waals surface area contributed by atoms with Crippen molar-refractivity contribution < 1.29 is 4.74 Å². The number of halogens is 2. The van der Waals surface area contributed by atoms with Crippen LogP contribution < -0.4 is 10.1 Å². The molecular formula is C17H26Cl2N2O. The molecule has 1 aliphatic rings. The number of rotatable bonds is 7. The molecule has 0 aliphatic carbocycles. The van der Waals surface area contributed by atoms with Crippen LogP contribution in [0.4, 0.5) is 0 Å². The Bertz CT molecular complexity index is 471. The fraction of sp³-hybridized carbons (Fsp3) is 0.647. The molecule has 1 aromatic rings. The molecule has 1 atom stereocenters. The maximum atomic E-state index is 6.28. The summed E-state index contributed by atoms with van der Waals surface area (Å²) in [6.07, 6.45) is 2.64. The molecule has 1 heterocycles. The van der Waals surface area contributed by atoms with Gasteiger partial charge in [0.05, 0.1) is 16.1 Å². The summed E-state index contributed by atoms with van der Waals surface area (Å²) in [7, 11) is 0. The Balaban J connectivity index is 1.90. The first-order valence-electron chi connectivity index (χ1n) is 8.10. The number of benzene rings is 1. The second kappa shape index (κ2) is 8.39. The van der Waals surface area contributed by atoms with Gasteiger partial charge in [-0.15, -0.1) is 0 Å². The predicted molar refractivity (Wildman–Crippen MR) is 94.2 cm³/mol. The highest BCUT2D eigenvalue weighted by atomic mass is 35.5. The van der Waals surface area contributed by atoms with Crippen molar-refractivity contribution in [2.45, 2.75) is 52.3 Å². The molecule has 22 heavy (non-hydrogen) atoms. The van der Waals surface area contributed by atoms with Gasteiger partial charge in [0.2, 0.25) is 0 Å². The molecule has 0 aromatic heterocycles. The zero-order valence-electron chi connectivity index (χ0n) is 13.7. The minimum Gasteiger partial charge on any atom is -0.488 e. The zero-order valence-corrected chi connectivity index (χ0v) is 15.2. The second-order valence-corrected chi connectivity index (χ2v) is 6.93. The molecule has 5 heteroatoms. The molecular weight excluding hydrogens is 319 g/mol. The van der Waals surface area contributed by atoms with Gasteiger partial charge in [0.25, 0.3) is 0 Å². The van der Waals surface area contributed by atoms with Crippen LogP contribution in [0.3, 0.4) is 0 Å². The summed E-state index contributed by atoms with van der Waals surface area (Å²) < 4.78 is 5.65. The summed E-state index contributed by atoms with van der Waals surface area (Å²) >= 11 is 12.6. The van der Waals surface area contributed by atoms with Crippen molar-refractivity contribution in [1.29, 1.82) is 0 Å². The molecule has 0 saturated carbocycles. The fourth-order valence-corrected chi connectivity index (χ4v) is 3.61. The number of nitrogens with zero attached hydrogens (tertiary/aromatic N) is 1. The summed E-state index contributed by atoms with van der Waals surface area (Å²) in [5, 5.41) is 4.68. The zero-order chi connectivity index (χ0) is 16.1. The van der Waals surface area contributed by atoms with Crippen molar-refractivity contribution in [1.82, 2.24) is 10.2 Å². The van der Waals surface area contributed by atoms with Crippen LogP contribution in [-0.2, 0) is 6.54 Å². The van der Waals surface area contributed by atoms with Crippen molar-refractivity contribution in [2.24, 2.45) is 0 Å². The summed E-state index contributed by atoms with van der Waals surface area (Å²) in [6.45, 7) is 10.3. The Kier molecular flexibility index (Phi) is 6.82. The van der Waals surface area contributed by atoms with Gasteiger partial charge in [0, 0.05) is 19.1 Å². The van der Waals surface area contributed by atoms with Gasteiger partial charge in [0.15, 0.2) is 5.75 Å². The molecule has 1 saturated heterocycles. The summed E-state index contributed by atoms with van der Waals surface area (Å²) in [4.78, 5) is 2.53. The normalized spacial score (nSPS) is 19.1. The van der Waals surface area contributed by atoms with Gasteiger partial charge in [0.1, 0.15) is 0 Å². The smallest absolute Gasteiger partial charge is 0.156 e. The van der Waals surface area contributed by atoms with Crippen molar-refractivity contribution in [3.63, 3.8) is 0 Å². The van der Waals surface area contributed by atoms with Crippen molar-refractivity contribution in [3.05, 3.63) is 27.7 Å². The number of likely N-dealkylation sites (N-methyl/N-ethyl adjacent to an activating group) is 1. The molecule has 0 radical (unpaired) electrons. The van der Waals surface area contributed by atoms with Crippen molar-refractivity contribution in [3.8, 4) is 5.75 Å². The van der Waals surface area contributed by atoms with Gasteiger partial charge in [-0.05, 0) is 57.5 Å². The standard InChI is InChI=1S/C17H26Cl2N2O/c1-4-21-7-5-6-14(21)11-20-10-13-8-15(18)17(16(19)9-13)22-12(2)3/h8-9,12,14,20H,4-7,10-11H2,1-3H3/t14-/m1/s1. The van der Waals surface area contributed by atoms with E-state index in [0.717, 1.165) is 25.2 Å². The SMILES string of the molecule is CCN1CCC[C@@H]1CNCc1cc(Cl)c(OC(C)C)c(Cl)c1. The predicted octanol–water partition coefficient (Wildman–Crippen LogP) is 4.35. The highest BCUT2D eigenvalue weighted by molar-refractivity contribution is 6.37. The third-order valence-corrected chi connectivity index (χ3v) is 4.59. The van der Waals surface area contributed by atoms with E-state index in [0.29, 0.717) is 21.8 Å². The van der Waals surface area contributed by atoms with Gasteiger partial charge in [-0.25, -0.2) is 0 Å². The fourth-order valence-electron chi connectivity index (χ4n) is 2.99. The lowest BCUT2D eigenvalue weighted by Gasteiger charge is -2.23. The van der Waals surface area contributed by atoms with Crippen LogP contribution in [-0.4, -0.2) is 36.7 Å². The number of likely N-dealkylation sites (tertiary alicyclic amines) is 1. The molecule has 0 spiro atoms. The summed E-state index contributed by atoms with van der Waals surface area (Å²) in [6, 6.07) is 4.52. The van der Waals surface area contributed by atoms with Gasteiger partial charge in [-0.3, -0.25) is 4.90 Å². The van der Waals surface area contributed by atoms with E-state index in [4.69, 9.17) is 27.9 Å². The Morgan fingerprint density at radius 2 is 2.00 bits per heavy atom. The molecule has 2 rings (SSSR count).